The Morgan fingerprint density at radius 2 is 1.07 bits per heavy atom. The topological polar surface area (TPSA) is 40.5 Å². The number of aliphatic hydroxyl groups is 2. The zero-order valence-electron chi connectivity index (χ0n) is 10.3. The highest BCUT2D eigenvalue weighted by Gasteiger charge is 1.94. The van der Waals surface area contributed by atoms with E-state index in [1.165, 1.54) is 12.8 Å². The van der Waals surface area contributed by atoms with Gasteiger partial charge in [-0.2, -0.15) is 0 Å². The van der Waals surface area contributed by atoms with Crippen LogP contribution in [-0.2, 0) is 0 Å². The number of hydrogen-bond acceptors (Lipinski definition) is 2. The molecule has 0 heterocycles. The highest BCUT2D eigenvalue weighted by molar-refractivity contribution is 4.46. The highest BCUT2D eigenvalue weighted by Crippen LogP contribution is 2.01. The predicted octanol–water partition coefficient (Wildman–Crippen LogP) is 2.83. The second-order valence-electron chi connectivity index (χ2n) is 4.15. The summed E-state index contributed by atoms with van der Waals surface area (Å²) in [5, 5.41) is 16.9. The van der Waals surface area contributed by atoms with Crippen molar-refractivity contribution in [2.45, 2.75) is 53.4 Å². The van der Waals surface area contributed by atoms with E-state index >= 15 is 0 Å². The Morgan fingerprint density at radius 1 is 0.786 bits per heavy atom. The molecule has 2 nitrogen and oxygen atoms in total. The van der Waals surface area contributed by atoms with Crippen molar-refractivity contribution >= 4 is 0 Å². The van der Waals surface area contributed by atoms with Crippen LogP contribution < -0.4 is 0 Å². The molecule has 2 unspecified atom stereocenters. The van der Waals surface area contributed by atoms with Crippen molar-refractivity contribution in [3.63, 3.8) is 0 Å². The second-order valence-corrected chi connectivity index (χ2v) is 4.15. The maximum Gasteiger partial charge on any atom is 0.0456 e. The van der Waals surface area contributed by atoms with Crippen LogP contribution in [0, 0.1) is 11.8 Å². The fourth-order valence-corrected chi connectivity index (χ4v) is 1.17. The summed E-state index contributed by atoms with van der Waals surface area (Å²) < 4.78 is 0. The van der Waals surface area contributed by atoms with Crippen molar-refractivity contribution in [2.24, 2.45) is 11.8 Å². The minimum Gasteiger partial charge on any atom is -0.396 e. The van der Waals surface area contributed by atoms with Gasteiger partial charge >= 0.3 is 0 Å². The average Bonchev–Trinajstić information content (AvgIpc) is 2.19. The Balaban J connectivity index is 0. The van der Waals surface area contributed by atoms with Gasteiger partial charge in [-0.25, -0.2) is 0 Å². The molecule has 0 spiro atoms. The molecule has 0 rings (SSSR count). The van der Waals surface area contributed by atoms with Gasteiger partial charge in [0.25, 0.3) is 0 Å². The summed E-state index contributed by atoms with van der Waals surface area (Å²) in [6, 6.07) is 0. The van der Waals surface area contributed by atoms with Gasteiger partial charge in [0.05, 0.1) is 0 Å². The number of rotatable bonds is 6. The third kappa shape index (κ3) is 14.4. The van der Waals surface area contributed by atoms with Gasteiger partial charge in [-0.3, -0.25) is 0 Å². The van der Waals surface area contributed by atoms with Crippen LogP contribution in [0.5, 0.6) is 0 Å². The maximum atomic E-state index is 8.47. The monoisotopic (exact) mass is 204 g/mol. The summed E-state index contributed by atoms with van der Waals surface area (Å²) in [4.78, 5) is 0. The molecule has 0 bridgehead atoms. The summed E-state index contributed by atoms with van der Waals surface area (Å²) in [6.07, 6.45) is 4.66. The molecule has 0 saturated carbocycles. The summed E-state index contributed by atoms with van der Waals surface area (Å²) in [6.45, 7) is 9.06. The van der Waals surface area contributed by atoms with Crippen molar-refractivity contribution in [3.05, 3.63) is 0 Å². The lowest BCUT2D eigenvalue weighted by Crippen LogP contribution is -1.98. The average molecular weight is 204 g/mol. The first-order chi connectivity index (χ1) is 6.62. The molecular weight excluding hydrogens is 176 g/mol. The third-order valence-electron chi connectivity index (χ3n) is 2.19. The van der Waals surface area contributed by atoms with Crippen LogP contribution in [0.1, 0.15) is 53.4 Å². The van der Waals surface area contributed by atoms with Crippen molar-refractivity contribution in [2.75, 3.05) is 13.2 Å². The van der Waals surface area contributed by atoms with Gasteiger partial charge in [-0.05, 0) is 24.7 Å². The molecule has 0 aliphatic rings. The predicted molar refractivity (Wildman–Crippen MR) is 62.3 cm³/mol. The Labute approximate surface area is 89.3 Å². The fraction of sp³-hybridized carbons (Fsp3) is 1.00. The Bertz CT molecular complexity index is 82.3. The second kappa shape index (κ2) is 12.9. The molecule has 0 aromatic carbocycles. The van der Waals surface area contributed by atoms with E-state index in [-0.39, 0.29) is 0 Å². The molecule has 2 heteroatoms. The molecule has 0 aliphatic carbocycles. The fourth-order valence-electron chi connectivity index (χ4n) is 1.17. The molecule has 0 fully saturated rings. The van der Waals surface area contributed by atoms with Crippen LogP contribution in [0.3, 0.4) is 0 Å². The van der Waals surface area contributed by atoms with E-state index in [2.05, 4.69) is 27.7 Å². The zero-order chi connectivity index (χ0) is 11.4. The Kier molecular flexibility index (Phi) is 15.1. The third-order valence-corrected chi connectivity index (χ3v) is 2.19. The lowest BCUT2D eigenvalue weighted by molar-refractivity contribution is 0.229. The molecular formula is C12H28O2. The van der Waals surface area contributed by atoms with Crippen molar-refractivity contribution in [1.82, 2.24) is 0 Å². The molecule has 0 aromatic rings. The Hall–Kier alpha value is -0.0800. The van der Waals surface area contributed by atoms with Crippen molar-refractivity contribution in [1.29, 1.82) is 0 Å². The van der Waals surface area contributed by atoms with Gasteiger partial charge in [0, 0.05) is 13.2 Å². The van der Waals surface area contributed by atoms with Gasteiger partial charge in [0.1, 0.15) is 0 Å². The van der Waals surface area contributed by atoms with Gasteiger partial charge in [0.15, 0.2) is 0 Å². The standard InChI is InChI=1S/2C6H14O/c2*1-3-4-6(2)5-7/h2*6-7H,3-5H2,1-2H3. The van der Waals surface area contributed by atoms with Crippen LogP contribution >= 0.6 is 0 Å². The summed E-state index contributed by atoms with van der Waals surface area (Å²) in [7, 11) is 0. The van der Waals surface area contributed by atoms with Gasteiger partial charge in [0.2, 0.25) is 0 Å². The van der Waals surface area contributed by atoms with Crippen LogP contribution in [0.25, 0.3) is 0 Å². The van der Waals surface area contributed by atoms with Crippen LogP contribution in [0.15, 0.2) is 0 Å². The first kappa shape index (κ1) is 16.4. The van der Waals surface area contributed by atoms with Crippen LogP contribution in [-0.4, -0.2) is 23.4 Å². The van der Waals surface area contributed by atoms with Crippen LogP contribution in [0.4, 0.5) is 0 Å². The van der Waals surface area contributed by atoms with Crippen LogP contribution in [0.2, 0.25) is 0 Å². The lowest BCUT2D eigenvalue weighted by atomic mass is 10.1. The first-order valence-corrected chi connectivity index (χ1v) is 5.83. The van der Waals surface area contributed by atoms with Gasteiger partial charge < -0.3 is 10.2 Å². The molecule has 0 radical (unpaired) electrons. The van der Waals surface area contributed by atoms with Crippen molar-refractivity contribution < 1.29 is 10.2 Å². The van der Waals surface area contributed by atoms with Crippen molar-refractivity contribution in [3.8, 4) is 0 Å². The van der Waals surface area contributed by atoms with Gasteiger partial charge in [-0.15, -0.1) is 0 Å². The summed E-state index contributed by atoms with van der Waals surface area (Å²) in [5.74, 6) is 1.01. The molecule has 0 saturated heterocycles. The smallest absolute Gasteiger partial charge is 0.0456 e. The molecule has 0 amide bonds. The quantitative estimate of drug-likeness (QED) is 0.698. The SMILES string of the molecule is CCCC(C)CO.CCCC(C)CO. The van der Waals surface area contributed by atoms with E-state index in [0.29, 0.717) is 25.0 Å². The van der Waals surface area contributed by atoms with E-state index in [1.54, 1.807) is 0 Å². The lowest BCUT2D eigenvalue weighted by Gasteiger charge is -2.01. The first-order valence-electron chi connectivity index (χ1n) is 5.83. The molecule has 0 aliphatic heterocycles. The van der Waals surface area contributed by atoms with Gasteiger partial charge in [-0.1, -0.05) is 40.5 Å². The zero-order valence-corrected chi connectivity index (χ0v) is 10.3. The van der Waals surface area contributed by atoms with E-state index in [1.807, 2.05) is 0 Å². The minimum absolute atomic E-state index is 0.341. The van der Waals surface area contributed by atoms with E-state index in [9.17, 15) is 0 Å². The number of hydrogen-bond donors (Lipinski definition) is 2. The molecule has 0 aromatic heterocycles. The molecule has 2 atom stereocenters. The van der Waals surface area contributed by atoms with E-state index in [0.717, 1.165) is 12.8 Å². The normalized spacial score (nSPS) is 14.1. The molecule has 88 valence electrons. The summed E-state index contributed by atoms with van der Waals surface area (Å²) >= 11 is 0. The largest absolute Gasteiger partial charge is 0.396 e. The highest BCUT2D eigenvalue weighted by atomic mass is 16.3. The Morgan fingerprint density at radius 3 is 1.14 bits per heavy atom. The minimum atomic E-state index is 0.341. The summed E-state index contributed by atoms with van der Waals surface area (Å²) in [5.41, 5.74) is 0. The van der Waals surface area contributed by atoms with E-state index < -0.39 is 0 Å². The number of aliphatic hydroxyl groups excluding tert-OH is 2. The maximum absolute atomic E-state index is 8.47. The molecule has 2 N–H and O–H groups in total. The molecule has 14 heavy (non-hydrogen) atoms. The van der Waals surface area contributed by atoms with E-state index in [4.69, 9.17) is 10.2 Å².